The van der Waals surface area contributed by atoms with Crippen LogP contribution in [-0.2, 0) is 16.1 Å². The summed E-state index contributed by atoms with van der Waals surface area (Å²) in [6, 6.07) is 4.54. The number of hydrogen-bond acceptors (Lipinski definition) is 6. The lowest BCUT2D eigenvalue weighted by molar-refractivity contribution is -0.177. The van der Waals surface area contributed by atoms with Crippen LogP contribution in [0.5, 0.6) is 5.75 Å². The highest BCUT2D eigenvalue weighted by atomic mass is 16.5. The summed E-state index contributed by atoms with van der Waals surface area (Å²) in [6.45, 7) is 1.66. The first kappa shape index (κ1) is 18.7. The first-order chi connectivity index (χ1) is 13.7. The van der Waals surface area contributed by atoms with E-state index in [-0.39, 0.29) is 23.7 Å². The van der Waals surface area contributed by atoms with E-state index in [4.69, 9.17) is 9.15 Å². The van der Waals surface area contributed by atoms with Gasteiger partial charge in [-0.25, -0.2) is 4.79 Å². The van der Waals surface area contributed by atoms with E-state index in [0.717, 1.165) is 25.7 Å². The summed E-state index contributed by atoms with van der Waals surface area (Å²) in [5.74, 6) is 0.807. The van der Waals surface area contributed by atoms with Gasteiger partial charge >= 0.3 is 11.6 Å². The fraction of sp³-hybridized carbons (Fsp3) is 0.565. The van der Waals surface area contributed by atoms with Crippen molar-refractivity contribution in [1.29, 1.82) is 0 Å². The van der Waals surface area contributed by atoms with Gasteiger partial charge in [-0.15, -0.1) is 0 Å². The number of phenolic OH excluding ortho intramolecular Hbond substituents is 1. The second-order valence-corrected chi connectivity index (χ2v) is 9.70. The largest absolute Gasteiger partial charge is 0.508 e. The second-order valence-electron chi connectivity index (χ2n) is 9.70. The van der Waals surface area contributed by atoms with E-state index in [1.165, 1.54) is 12.5 Å². The van der Waals surface area contributed by atoms with E-state index >= 15 is 0 Å². The molecule has 2 N–H and O–H groups in total. The van der Waals surface area contributed by atoms with Crippen molar-refractivity contribution in [1.82, 2.24) is 0 Å². The zero-order valence-electron chi connectivity index (χ0n) is 16.6. The first-order valence-corrected chi connectivity index (χ1v) is 10.4. The quantitative estimate of drug-likeness (QED) is 0.604. The Hall–Kier alpha value is -2.34. The van der Waals surface area contributed by atoms with Gasteiger partial charge in [-0.05, 0) is 74.8 Å². The van der Waals surface area contributed by atoms with Gasteiger partial charge in [-0.3, -0.25) is 4.79 Å². The molecule has 6 heteroatoms. The van der Waals surface area contributed by atoms with Crippen molar-refractivity contribution in [2.24, 2.45) is 17.3 Å². The molecule has 4 fully saturated rings. The normalized spacial score (nSPS) is 32.6. The average molecular weight is 398 g/mol. The van der Waals surface area contributed by atoms with Crippen LogP contribution in [0.25, 0.3) is 11.0 Å². The minimum atomic E-state index is -0.599. The summed E-state index contributed by atoms with van der Waals surface area (Å²) in [5, 5.41) is 21.4. The second kappa shape index (κ2) is 6.33. The first-order valence-electron chi connectivity index (χ1n) is 10.4. The molecule has 1 heterocycles. The number of aliphatic hydroxyl groups is 1. The molecule has 0 spiro atoms. The van der Waals surface area contributed by atoms with Crippen LogP contribution in [0, 0.1) is 24.2 Å². The number of hydrogen-bond donors (Lipinski definition) is 2. The molecule has 4 atom stereocenters. The van der Waals surface area contributed by atoms with Gasteiger partial charge in [0, 0.05) is 22.6 Å². The predicted octanol–water partition coefficient (Wildman–Crippen LogP) is 3.57. The third-order valence-corrected chi connectivity index (χ3v) is 7.28. The molecule has 4 bridgehead atoms. The van der Waals surface area contributed by atoms with Crippen molar-refractivity contribution in [3.8, 4) is 5.75 Å². The van der Waals surface area contributed by atoms with Gasteiger partial charge in [-0.2, -0.15) is 0 Å². The monoisotopic (exact) mass is 398 g/mol. The molecule has 154 valence electrons. The average Bonchev–Trinajstić information content (AvgIpc) is 2.60. The Morgan fingerprint density at radius 3 is 2.66 bits per heavy atom. The number of rotatable bonds is 4. The number of carbonyl (C=O) groups excluding carboxylic acids is 1. The lowest BCUT2D eigenvalue weighted by Gasteiger charge is -2.60. The maximum Gasteiger partial charge on any atom is 0.336 e. The highest BCUT2D eigenvalue weighted by molar-refractivity contribution is 5.85. The van der Waals surface area contributed by atoms with Crippen molar-refractivity contribution >= 4 is 16.9 Å². The fourth-order valence-corrected chi connectivity index (χ4v) is 6.66. The Balaban J connectivity index is 1.33. The molecular formula is C23H26O6. The maximum atomic E-state index is 12.7. The molecule has 6 nitrogen and oxygen atoms in total. The molecule has 1 aromatic carbocycles. The number of benzene rings is 1. The van der Waals surface area contributed by atoms with Crippen LogP contribution in [0.4, 0.5) is 0 Å². The predicted molar refractivity (Wildman–Crippen MR) is 105 cm³/mol. The Labute approximate surface area is 168 Å². The molecule has 0 saturated heterocycles. The van der Waals surface area contributed by atoms with Crippen LogP contribution in [-0.4, -0.2) is 21.8 Å². The number of ether oxygens (including phenoxy) is 1. The lowest BCUT2D eigenvalue weighted by atomic mass is 9.47. The maximum absolute atomic E-state index is 12.7. The minimum Gasteiger partial charge on any atom is -0.508 e. The number of phenols is 1. The van der Waals surface area contributed by atoms with Crippen molar-refractivity contribution in [2.75, 3.05) is 0 Å². The van der Waals surface area contributed by atoms with Crippen LogP contribution < -0.4 is 5.63 Å². The molecule has 0 aliphatic heterocycles. The van der Waals surface area contributed by atoms with Gasteiger partial charge in [-0.1, -0.05) is 0 Å². The van der Waals surface area contributed by atoms with E-state index in [2.05, 4.69) is 0 Å². The number of aryl methyl sites for hydroxylation is 1. The Morgan fingerprint density at radius 1 is 1.24 bits per heavy atom. The van der Waals surface area contributed by atoms with Crippen LogP contribution in [0.15, 0.2) is 27.4 Å². The molecule has 2 aromatic rings. The lowest BCUT2D eigenvalue weighted by Crippen LogP contribution is -2.56. The van der Waals surface area contributed by atoms with Crippen molar-refractivity contribution in [3.63, 3.8) is 0 Å². The van der Waals surface area contributed by atoms with Crippen LogP contribution in [0.2, 0.25) is 0 Å². The van der Waals surface area contributed by atoms with Gasteiger partial charge in [0.1, 0.15) is 17.9 Å². The van der Waals surface area contributed by atoms with Gasteiger partial charge in [0.2, 0.25) is 0 Å². The number of aromatic hydroxyl groups is 1. The molecular weight excluding hydrogens is 372 g/mol. The molecule has 4 aliphatic carbocycles. The molecule has 4 aliphatic rings. The summed E-state index contributed by atoms with van der Waals surface area (Å²) < 4.78 is 10.8. The van der Waals surface area contributed by atoms with Gasteiger partial charge < -0.3 is 19.4 Å². The van der Waals surface area contributed by atoms with Crippen LogP contribution >= 0.6 is 0 Å². The van der Waals surface area contributed by atoms with Gasteiger partial charge in [0.05, 0.1) is 12.0 Å². The summed E-state index contributed by atoms with van der Waals surface area (Å²) in [7, 11) is 0. The van der Waals surface area contributed by atoms with Crippen LogP contribution in [0.3, 0.4) is 0 Å². The Kier molecular flexibility index (Phi) is 4.07. The minimum absolute atomic E-state index is 0.0155. The standard InChI is InChI=1S/C23H26O6/c1-13-18(24)3-2-17-16(5-19(25)29-21(13)17)11-28-20(26)10-22-6-14-4-15(7-22)9-23(27,8-14)12-22/h2-3,5,14-15,24,27H,4,6-12H2,1H3/t14-,15+,22?,23?. The number of fused-ring (bicyclic) bond motifs is 1. The summed E-state index contributed by atoms with van der Waals surface area (Å²) in [6.07, 6.45) is 5.93. The van der Waals surface area contributed by atoms with Crippen LogP contribution in [0.1, 0.15) is 56.1 Å². The smallest absolute Gasteiger partial charge is 0.336 e. The topological polar surface area (TPSA) is 97.0 Å². The van der Waals surface area contributed by atoms with E-state index in [9.17, 15) is 19.8 Å². The zero-order valence-corrected chi connectivity index (χ0v) is 16.6. The molecule has 29 heavy (non-hydrogen) atoms. The van der Waals surface area contributed by atoms with E-state index < -0.39 is 11.2 Å². The zero-order chi connectivity index (χ0) is 20.4. The van der Waals surface area contributed by atoms with Gasteiger partial charge in [0.15, 0.2) is 0 Å². The van der Waals surface area contributed by atoms with Crippen molar-refractivity contribution < 1.29 is 24.2 Å². The molecule has 2 unspecified atom stereocenters. The molecule has 4 saturated carbocycles. The van der Waals surface area contributed by atoms with Crippen molar-refractivity contribution in [2.45, 2.75) is 64.1 Å². The fourth-order valence-electron chi connectivity index (χ4n) is 6.66. The Morgan fingerprint density at radius 2 is 1.97 bits per heavy atom. The van der Waals surface area contributed by atoms with E-state index in [0.29, 0.717) is 46.8 Å². The number of carbonyl (C=O) groups is 1. The highest BCUT2D eigenvalue weighted by Crippen LogP contribution is 2.62. The van der Waals surface area contributed by atoms with Crippen molar-refractivity contribution in [3.05, 3.63) is 39.7 Å². The van der Waals surface area contributed by atoms with E-state index in [1.807, 2.05) is 0 Å². The summed E-state index contributed by atoms with van der Waals surface area (Å²) in [5.41, 5.74) is 0.0769. The molecule has 1 aromatic heterocycles. The highest BCUT2D eigenvalue weighted by Gasteiger charge is 2.57. The molecule has 0 amide bonds. The molecule has 0 radical (unpaired) electrons. The SMILES string of the molecule is Cc1c(O)ccc2c(COC(=O)CC34C[C@@H]5C[C@@H](CC(O)(C5)C3)C4)cc(=O)oc12. The van der Waals surface area contributed by atoms with Gasteiger partial charge in [0.25, 0.3) is 0 Å². The third-order valence-electron chi connectivity index (χ3n) is 7.28. The third kappa shape index (κ3) is 3.23. The Bertz CT molecular complexity index is 1040. The number of esters is 1. The summed E-state index contributed by atoms with van der Waals surface area (Å²) in [4.78, 5) is 24.6. The summed E-state index contributed by atoms with van der Waals surface area (Å²) >= 11 is 0. The van der Waals surface area contributed by atoms with E-state index in [1.54, 1.807) is 19.1 Å². The molecule has 6 rings (SSSR count).